The molecule has 0 aliphatic rings. The number of nitriles is 1. The number of nitrogens with zero attached hydrogens (tertiary/aromatic N) is 2. The number of hydrogen-bond acceptors (Lipinski definition) is 4. The van der Waals surface area contributed by atoms with Crippen LogP contribution in [0.2, 0.25) is 0 Å². The molecule has 5 nitrogen and oxygen atoms in total. The maximum atomic E-state index is 12.8. The van der Waals surface area contributed by atoms with Crippen LogP contribution < -0.4 is 4.74 Å². The predicted octanol–water partition coefficient (Wildman–Crippen LogP) is 2.58. The Morgan fingerprint density at radius 3 is 2.48 bits per heavy atom. The van der Waals surface area contributed by atoms with Crippen molar-refractivity contribution < 1.29 is 14.6 Å². The fraction of sp³-hybridized carbons (Fsp3) is 0.556. The molecule has 0 fully saturated rings. The summed E-state index contributed by atoms with van der Waals surface area (Å²) in [4.78, 5) is 14.4. The first-order chi connectivity index (χ1) is 10.7. The molecule has 0 spiro atoms. The second-order valence-corrected chi connectivity index (χ2v) is 6.56. The van der Waals surface area contributed by atoms with Crippen LogP contribution >= 0.6 is 0 Å². The highest BCUT2D eigenvalue weighted by Gasteiger charge is 2.31. The van der Waals surface area contributed by atoms with E-state index in [2.05, 4.69) is 6.07 Å². The number of benzene rings is 1. The molecule has 0 heterocycles. The standard InChI is InChI=1S/C18H26N2O3/c1-6-20(12-18(4,5)22)17(21)16(13(2)3)23-15-10-8-7-9-14(15)11-19/h7-10,13,16,22H,6,12H2,1-5H3. The van der Waals surface area contributed by atoms with Gasteiger partial charge in [0.2, 0.25) is 0 Å². The first-order valence-corrected chi connectivity index (χ1v) is 7.86. The molecule has 1 unspecified atom stereocenters. The minimum absolute atomic E-state index is 0.0647. The Balaban J connectivity index is 3.02. The van der Waals surface area contributed by atoms with E-state index in [1.165, 1.54) is 0 Å². The molecule has 1 atom stereocenters. The molecule has 0 aliphatic carbocycles. The molecule has 23 heavy (non-hydrogen) atoms. The van der Waals surface area contributed by atoms with E-state index >= 15 is 0 Å². The number of para-hydroxylation sites is 1. The Bertz CT molecular complexity index is 570. The van der Waals surface area contributed by atoms with Crippen LogP contribution in [0, 0.1) is 17.2 Å². The number of hydrogen-bond donors (Lipinski definition) is 1. The zero-order valence-electron chi connectivity index (χ0n) is 14.5. The minimum Gasteiger partial charge on any atom is -0.479 e. The van der Waals surface area contributed by atoms with Gasteiger partial charge in [0, 0.05) is 13.1 Å². The maximum Gasteiger partial charge on any atom is 0.264 e. The quantitative estimate of drug-likeness (QED) is 0.838. The molecule has 0 bridgehead atoms. The van der Waals surface area contributed by atoms with E-state index in [0.29, 0.717) is 17.9 Å². The molecule has 1 rings (SSSR count). The van der Waals surface area contributed by atoms with Gasteiger partial charge in [-0.05, 0) is 38.8 Å². The summed E-state index contributed by atoms with van der Waals surface area (Å²) in [5.41, 5.74) is -0.575. The Morgan fingerprint density at radius 2 is 2.00 bits per heavy atom. The van der Waals surface area contributed by atoms with Crippen molar-refractivity contribution in [2.75, 3.05) is 13.1 Å². The van der Waals surface area contributed by atoms with E-state index in [0.717, 1.165) is 0 Å². The lowest BCUT2D eigenvalue weighted by Crippen LogP contribution is -2.49. The number of ether oxygens (including phenoxy) is 1. The van der Waals surface area contributed by atoms with Crippen LogP contribution in [0.1, 0.15) is 40.2 Å². The van der Waals surface area contributed by atoms with Gasteiger partial charge in [0.05, 0.1) is 11.2 Å². The van der Waals surface area contributed by atoms with Crippen LogP contribution in [-0.2, 0) is 4.79 Å². The lowest BCUT2D eigenvalue weighted by molar-refractivity contribution is -0.143. The van der Waals surface area contributed by atoms with Gasteiger partial charge in [0.15, 0.2) is 6.10 Å². The van der Waals surface area contributed by atoms with Gasteiger partial charge in [-0.25, -0.2) is 0 Å². The molecule has 1 amide bonds. The third kappa shape index (κ3) is 5.57. The SMILES string of the molecule is CCN(CC(C)(C)O)C(=O)C(Oc1ccccc1C#N)C(C)C. The third-order valence-electron chi connectivity index (χ3n) is 3.38. The second kappa shape index (κ2) is 7.98. The third-order valence-corrected chi connectivity index (χ3v) is 3.38. The van der Waals surface area contributed by atoms with Crippen molar-refractivity contribution >= 4 is 5.91 Å². The molecule has 0 saturated heterocycles. The monoisotopic (exact) mass is 318 g/mol. The van der Waals surface area contributed by atoms with Crippen molar-refractivity contribution in [1.82, 2.24) is 4.90 Å². The number of carbonyl (C=O) groups is 1. The Hall–Kier alpha value is -2.06. The lowest BCUT2D eigenvalue weighted by Gasteiger charge is -2.32. The summed E-state index contributed by atoms with van der Waals surface area (Å²) in [6.45, 7) is 9.71. The molecule has 0 saturated carbocycles. The number of rotatable bonds is 7. The van der Waals surface area contributed by atoms with Crippen LogP contribution in [0.15, 0.2) is 24.3 Å². The van der Waals surface area contributed by atoms with Crippen molar-refractivity contribution in [1.29, 1.82) is 5.26 Å². The van der Waals surface area contributed by atoms with Crippen molar-refractivity contribution in [3.05, 3.63) is 29.8 Å². The number of carbonyl (C=O) groups excluding carboxylic acids is 1. The lowest BCUT2D eigenvalue weighted by atomic mass is 10.0. The smallest absolute Gasteiger partial charge is 0.264 e. The van der Waals surface area contributed by atoms with E-state index in [1.807, 2.05) is 20.8 Å². The second-order valence-electron chi connectivity index (χ2n) is 6.56. The highest BCUT2D eigenvalue weighted by Crippen LogP contribution is 2.22. The Labute approximate surface area is 138 Å². The summed E-state index contributed by atoms with van der Waals surface area (Å²) in [7, 11) is 0. The Kier molecular flexibility index (Phi) is 6.59. The largest absolute Gasteiger partial charge is 0.479 e. The zero-order chi connectivity index (χ0) is 17.6. The average molecular weight is 318 g/mol. The molecule has 0 aromatic heterocycles. The van der Waals surface area contributed by atoms with Crippen LogP contribution in [0.25, 0.3) is 0 Å². The van der Waals surface area contributed by atoms with E-state index < -0.39 is 11.7 Å². The van der Waals surface area contributed by atoms with Crippen molar-refractivity contribution in [3.63, 3.8) is 0 Å². The van der Waals surface area contributed by atoms with Crippen LogP contribution in [0.5, 0.6) is 5.75 Å². The van der Waals surface area contributed by atoms with Crippen molar-refractivity contribution in [2.45, 2.75) is 46.3 Å². The fourth-order valence-electron chi connectivity index (χ4n) is 2.26. The highest BCUT2D eigenvalue weighted by atomic mass is 16.5. The highest BCUT2D eigenvalue weighted by molar-refractivity contribution is 5.81. The molecule has 1 N–H and O–H groups in total. The number of aliphatic hydroxyl groups is 1. The Morgan fingerprint density at radius 1 is 1.39 bits per heavy atom. The summed E-state index contributed by atoms with van der Waals surface area (Å²) in [6.07, 6.45) is -0.702. The van der Waals surface area contributed by atoms with Crippen LogP contribution in [0.4, 0.5) is 0 Å². The first-order valence-electron chi connectivity index (χ1n) is 7.86. The molecule has 1 aromatic rings. The van der Waals surface area contributed by atoms with Gasteiger partial charge in [-0.1, -0.05) is 26.0 Å². The van der Waals surface area contributed by atoms with Crippen LogP contribution in [-0.4, -0.2) is 40.7 Å². The zero-order valence-corrected chi connectivity index (χ0v) is 14.5. The van der Waals surface area contributed by atoms with Gasteiger partial charge in [-0.2, -0.15) is 5.26 Å². The van der Waals surface area contributed by atoms with Crippen molar-refractivity contribution in [2.24, 2.45) is 5.92 Å². The van der Waals surface area contributed by atoms with E-state index in [-0.39, 0.29) is 18.4 Å². The molecule has 126 valence electrons. The maximum absolute atomic E-state index is 12.8. The van der Waals surface area contributed by atoms with Crippen LogP contribution in [0.3, 0.4) is 0 Å². The summed E-state index contributed by atoms with van der Waals surface area (Å²) in [6, 6.07) is 8.94. The molecular weight excluding hydrogens is 292 g/mol. The number of likely N-dealkylation sites (N-methyl/N-ethyl adjacent to an activating group) is 1. The molecule has 0 radical (unpaired) electrons. The van der Waals surface area contributed by atoms with E-state index in [9.17, 15) is 9.90 Å². The summed E-state index contributed by atoms with van der Waals surface area (Å²) in [5.74, 6) is 0.156. The van der Waals surface area contributed by atoms with Crippen molar-refractivity contribution in [3.8, 4) is 11.8 Å². The normalized spacial score (nSPS) is 12.6. The summed E-state index contributed by atoms with van der Waals surface area (Å²) in [5, 5.41) is 19.1. The van der Waals surface area contributed by atoms with Gasteiger partial charge >= 0.3 is 0 Å². The number of amides is 1. The predicted molar refractivity (Wildman–Crippen MR) is 89.0 cm³/mol. The van der Waals surface area contributed by atoms with Gasteiger partial charge in [-0.15, -0.1) is 0 Å². The summed E-state index contributed by atoms with van der Waals surface area (Å²) >= 11 is 0. The van der Waals surface area contributed by atoms with Gasteiger partial charge in [0.25, 0.3) is 5.91 Å². The van der Waals surface area contributed by atoms with Gasteiger partial charge < -0.3 is 14.7 Å². The van der Waals surface area contributed by atoms with E-state index in [4.69, 9.17) is 10.00 Å². The van der Waals surface area contributed by atoms with Gasteiger partial charge in [-0.3, -0.25) is 4.79 Å². The van der Waals surface area contributed by atoms with Gasteiger partial charge in [0.1, 0.15) is 11.8 Å². The molecule has 0 aliphatic heterocycles. The molecule has 5 heteroatoms. The first kappa shape index (κ1) is 19.0. The average Bonchev–Trinajstić information content (AvgIpc) is 2.48. The minimum atomic E-state index is -0.974. The topological polar surface area (TPSA) is 73.6 Å². The molecular formula is C18H26N2O3. The van der Waals surface area contributed by atoms with E-state index in [1.54, 1.807) is 43.0 Å². The molecule has 1 aromatic carbocycles. The summed E-state index contributed by atoms with van der Waals surface area (Å²) < 4.78 is 5.86. The fourth-order valence-corrected chi connectivity index (χ4v) is 2.26.